The van der Waals surface area contributed by atoms with Gasteiger partial charge in [-0.25, -0.2) is 4.98 Å². The Balaban J connectivity index is 1.95. The number of carbonyl (C=O) groups is 1. The molecule has 1 saturated heterocycles. The summed E-state index contributed by atoms with van der Waals surface area (Å²) >= 11 is 12.2. The van der Waals surface area contributed by atoms with E-state index in [2.05, 4.69) is 10.3 Å². The molecule has 2 aromatic rings. The minimum atomic E-state index is -0.128. The van der Waals surface area contributed by atoms with E-state index < -0.39 is 0 Å². The molecular weight excluding hydrogens is 323 g/mol. The first-order valence-electron chi connectivity index (χ1n) is 7.02. The van der Waals surface area contributed by atoms with Gasteiger partial charge in [0.1, 0.15) is 11.9 Å². The highest BCUT2D eigenvalue weighted by molar-refractivity contribution is 6.35. The zero-order chi connectivity index (χ0) is 15.7. The fourth-order valence-electron chi connectivity index (χ4n) is 2.69. The third kappa shape index (κ3) is 2.84. The number of piperazine rings is 1. The van der Waals surface area contributed by atoms with Crippen LogP contribution in [0.5, 0.6) is 0 Å². The maximum absolute atomic E-state index is 12.9. The molecule has 1 aliphatic rings. The van der Waals surface area contributed by atoms with E-state index in [1.807, 2.05) is 17.8 Å². The molecule has 0 aliphatic carbocycles. The molecule has 1 atom stereocenters. The lowest BCUT2D eigenvalue weighted by molar-refractivity contribution is 0.0621. The number of aromatic nitrogens is 2. The van der Waals surface area contributed by atoms with E-state index in [0.29, 0.717) is 28.7 Å². The van der Waals surface area contributed by atoms with Crippen LogP contribution in [0.3, 0.4) is 0 Å². The Morgan fingerprint density at radius 1 is 1.41 bits per heavy atom. The number of halogens is 2. The number of nitrogens with zero attached hydrogens (tertiary/aromatic N) is 3. The lowest BCUT2D eigenvalue weighted by atomic mass is 10.1. The number of nitrogens with one attached hydrogen (secondary N) is 1. The van der Waals surface area contributed by atoms with E-state index in [4.69, 9.17) is 23.2 Å². The summed E-state index contributed by atoms with van der Waals surface area (Å²) in [5.74, 6) is 0.723. The van der Waals surface area contributed by atoms with Crippen molar-refractivity contribution in [1.82, 2.24) is 19.8 Å². The number of amides is 1. The maximum Gasteiger partial charge on any atom is 0.256 e. The zero-order valence-corrected chi connectivity index (χ0v) is 13.6. The second-order valence-electron chi connectivity index (χ2n) is 5.24. The van der Waals surface area contributed by atoms with E-state index in [1.165, 1.54) is 0 Å². The van der Waals surface area contributed by atoms with Gasteiger partial charge >= 0.3 is 0 Å². The molecule has 1 unspecified atom stereocenters. The van der Waals surface area contributed by atoms with Crippen LogP contribution in [0, 0.1) is 0 Å². The maximum atomic E-state index is 12.9. The molecule has 1 aromatic heterocycles. The molecule has 3 rings (SSSR count). The van der Waals surface area contributed by atoms with Crippen LogP contribution >= 0.6 is 23.2 Å². The Labute approximate surface area is 138 Å². The van der Waals surface area contributed by atoms with Crippen molar-refractivity contribution in [2.24, 2.45) is 7.05 Å². The number of benzene rings is 1. The fourth-order valence-corrected chi connectivity index (χ4v) is 3.06. The minimum Gasteiger partial charge on any atom is -0.336 e. The summed E-state index contributed by atoms with van der Waals surface area (Å²) in [4.78, 5) is 19.1. The highest BCUT2D eigenvalue weighted by atomic mass is 35.5. The molecule has 7 heteroatoms. The number of rotatable bonds is 2. The number of hydrogen-bond donors (Lipinski definition) is 1. The van der Waals surface area contributed by atoms with Crippen LogP contribution in [0.4, 0.5) is 0 Å². The third-order valence-electron chi connectivity index (χ3n) is 3.82. The van der Waals surface area contributed by atoms with Gasteiger partial charge in [-0.05, 0) is 18.2 Å². The second kappa shape index (κ2) is 6.28. The third-order valence-corrected chi connectivity index (χ3v) is 4.38. The van der Waals surface area contributed by atoms with Crippen LogP contribution in [-0.4, -0.2) is 40.0 Å². The van der Waals surface area contributed by atoms with E-state index in [0.717, 1.165) is 12.4 Å². The van der Waals surface area contributed by atoms with Crippen molar-refractivity contribution in [2.45, 2.75) is 6.04 Å². The summed E-state index contributed by atoms with van der Waals surface area (Å²) in [6, 6.07) is 4.81. The summed E-state index contributed by atoms with van der Waals surface area (Å²) < 4.78 is 1.93. The highest BCUT2D eigenvalue weighted by Crippen LogP contribution is 2.27. The van der Waals surface area contributed by atoms with E-state index in [-0.39, 0.29) is 11.9 Å². The molecule has 1 aromatic carbocycles. The molecule has 2 heterocycles. The van der Waals surface area contributed by atoms with Gasteiger partial charge in [0.05, 0.1) is 10.6 Å². The number of carbonyl (C=O) groups excluding carboxylic acids is 1. The number of aryl methyl sites for hydroxylation is 1. The van der Waals surface area contributed by atoms with Gasteiger partial charge in [0.15, 0.2) is 0 Å². The monoisotopic (exact) mass is 338 g/mol. The van der Waals surface area contributed by atoms with Crippen LogP contribution in [0.15, 0.2) is 30.6 Å². The number of imidazole rings is 1. The van der Waals surface area contributed by atoms with Gasteiger partial charge in [0, 0.05) is 44.1 Å². The van der Waals surface area contributed by atoms with Crippen LogP contribution < -0.4 is 5.32 Å². The molecule has 0 spiro atoms. The van der Waals surface area contributed by atoms with Crippen molar-refractivity contribution in [3.8, 4) is 0 Å². The van der Waals surface area contributed by atoms with E-state index >= 15 is 0 Å². The Bertz CT molecular complexity index is 701. The fraction of sp³-hybridized carbons (Fsp3) is 0.333. The molecule has 5 nitrogen and oxygen atoms in total. The molecular formula is C15H16Cl2N4O. The standard InChI is InChI=1S/C15H16Cl2N4O/c1-20-6-5-19-14(20)13-9-18-4-7-21(13)15(22)11-8-10(16)2-3-12(11)17/h2-3,5-6,8,13,18H,4,7,9H2,1H3. The lowest BCUT2D eigenvalue weighted by Gasteiger charge is -2.36. The van der Waals surface area contributed by atoms with Crippen molar-refractivity contribution in [2.75, 3.05) is 19.6 Å². The van der Waals surface area contributed by atoms with Gasteiger partial charge in [-0.3, -0.25) is 4.79 Å². The topological polar surface area (TPSA) is 50.2 Å². The van der Waals surface area contributed by atoms with Crippen LogP contribution in [-0.2, 0) is 7.05 Å². The highest BCUT2D eigenvalue weighted by Gasteiger charge is 2.31. The average Bonchev–Trinajstić information content (AvgIpc) is 2.95. The molecule has 1 fully saturated rings. The predicted octanol–water partition coefficient (Wildman–Crippen LogP) is 2.51. The zero-order valence-electron chi connectivity index (χ0n) is 12.1. The Hall–Kier alpha value is -1.56. The molecule has 1 N–H and O–H groups in total. The van der Waals surface area contributed by atoms with Crippen LogP contribution in [0.1, 0.15) is 22.2 Å². The normalized spacial score (nSPS) is 18.5. The van der Waals surface area contributed by atoms with Gasteiger partial charge in [0.2, 0.25) is 0 Å². The molecule has 22 heavy (non-hydrogen) atoms. The van der Waals surface area contributed by atoms with Gasteiger partial charge in [-0.1, -0.05) is 23.2 Å². The molecule has 0 saturated carbocycles. The van der Waals surface area contributed by atoms with Gasteiger partial charge in [0.25, 0.3) is 5.91 Å². The van der Waals surface area contributed by atoms with E-state index in [1.54, 1.807) is 29.3 Å². The van der Waals surface area contributed by atoms with Crippen molar-refractivity contribution in [3.63, 3.8) is 0 Å². The van der Waals surface area contributed by atoms with Gasteiger partial charge in [-0.2, -0.15) is 0 Å². The van der Waals surface area contributed by atoms with Crippen LogP contribution in [0.25, 0.3) is 0 Å². The summed E-state index contributed by atoms with van der Waals surface area (Å²) in [6.07, 6.45) is 3.61. The first-order valence-corrected chi connectivity index (χ1v) is 7.77. The average molecular weight is 339 g/mol. The summed E-state index contributed by atoms with van der Waals surface area (Å²) in [6.45, 7) is 2.00. The SMILES string of the molecule is Cn1ccnc1C1CNCCN1C(=O)c1cc(Cl)ccc1Cl. The summed E-state index contributed by atoms with van der Waals surface area (Å²) in [5, 5.41) is 4.21. The van der Waals surface area contributed by atoms with Crippen molar-refractivity contribution >= 4 is 29.1 Å². The van der Waals surface area contributed by atoms with Crippen LogP contribution in [0.2, 0.25) is 10.0 Å². The quantitative estimate of drug-likeness (QED) is 0.915. The largest absolute Gasteiger partial charge is 0.336 e. The van der Waals surface area contributed by atoms with Crippen molar-refractivity contribution < 1.29 is 4.79 Å². The lowest BCUT2D eigenvalue weighted by Crippen LogP contribution is -2.49. The first-order chi connectivity index (χ1) is 10.6. The van der Waals surface area contributed by atoms with Gasteiger partial charge in [-0.15, -0.1) is 0 Å². The van der Waals surface area contributed by atoms with Gasteiger partial charge < -0.3 is 14.8 Å². The number of hydrogen-bond acceptors (Lipinski definition) is 3. The molecule has 0 radical (unpaired) electrons. The molecule has 1 amide bonds. The molecule has 116 valence electrons. The first kappa shape index (κ1) is 15.3. The summed E-state index contributed by atoms with van der Waals surface area (Å²) in [7, 11) is 1.92. The smallest absolute Gasteiger partial charge is 0.256 e. The Morgan fingerprint density at radius 3 is 2.95 bits per heavy atom. The van der Waals surface area contributed by atoms with E-state index in [9.17, 15) is 4.79 Å². The summed E-state index contributed by atoms with van der Waals surface area (Å²) in [5.41, 5.74) is 0.426. The van der Waals surface area contributed by atoms with Crippen molar-refractivity contribution in [3.05, 3.63) is 52.0 Å². The second-order valence-corrected chi connectivity index (χ2v) is 6.08. The Morgan fingerprint density at radius 2 is 2.23 bits per heavy atom. The van der Waals surface area contributed by atoms with Crippen molar-refractivity contribution in [1.29, 1.82) is 0 Å². The molecule has 0 bridgehead atoms. The Kier molecular flexibility index (Phi) is 4.38. The minimum absolute atomic E-state index is 0.123. The molecule has 1 aliphatic heterocycles. The predicted molar refractivity (Wildman–Crippen MR) is 86.3 cm³/mol.